The Hall–Kier alpha value is -2.61. The van der Waals surface area contributed by atoms with Crippen molar-refractivity contribution < 1.29 is 9.59 Å². The molecule has 1 aliphatic carbocycles. The van der Waals surface area contributed by atoms with E-state index in [0.29, 0.717) is 28.9 Å². The van der Waals surface area contributed by atoms with Crippen LogP contribution in [0, 0.1) is 0 Å². The number of benzene rings is 1. The van der Waals surface area contributed by atoms with Gasteiger partial charge in [0.25, 0.3) is 5.91 Å². The first kappa shape index (κ1) is 20.1. The summed E-state index contributed by atoms with van der Waals surface area (Å²) in [5, 5.41) is 14.9. The van der Waals surface area contributed by atoms with Crippen molar-refractivity contribution in [3.05, 3.63) is 48.3 Å². The maximum Gasteiger partial charge on any atom is 0.253 e. The summed E-state index contributed by atoms with van der Waals surface area (Å²) < 4.78 is 2.02. The summed E-state index contributed by atoms with van der Waals surface area (Å²) >= 11 is 1.33. The van der Waals surface area contributed by atoms with Gasteiger partial charge in [0.1, 0.15) is 5.82 Å². The molecule has 3 rings (SSSR count). The van der Waals surface area contributed by atoms with Crippen LogP contribution in [0.3, 0.4) is 0 Å². The van der Waals surface area contributed by atoms with Crippen LogP contribution in [0.1, 0.15) is 48.8 Å². The van der Waals surface area contributed by atoms with Crippen molar-refractivity contribution in [3.63, 3.8) is 0 Å². The monoisotopic (exact) mass is 399 g/mol. The third kappa shape index (κ3) is 5.01. The molecule has 0 spiro atoms. The van der Waals surface area contributed by atoms with Gasteiger partial charge >= 0.3 is 0 Å². The third-order valence-corrected chi connectivity index (χ3v) is 5.16. The van der Waals surface area contributed by atoms with Crippen molar-refractivity contribution in [1.82, 2.24) is 20.1 Å². The summed E-state index contributed by atoms with van der Waals surface area (Å²) in [6, 6.07) is 7.00. The van der Waals surface area contributed by atoms with Gasteiger partial charge in [-0.3, -0.25) is 9.59 Å². The molecule has 148 valence electrons. The fourth-order valence-corrected chi connectivity index (χ4v) is 3.55. The van der Waals surface area contributed by atoms with Crippen LogP contribution >= 0.6 is 11.8 Å². The molecule has 2 amide bonds. The smallest absolute Gasteiger partial charge is 0.253 e. The van der Waals surface area contributed by atoms with E-state index in [1.807, 2.05) is 24.5 Å². The predicted molar refractivity (Wildman–Crippen MR) is 111 cm³/mol. The van der Waals surface area contributed by atoms with E-state index in [1.54, 1.807) is 24.3 Å². The van der Waals surface area contributed by atoms with Gasteiger partial charge in [-0.05, 0) is 38.8 Å². The second kappa shape index (κ2) is 9.05. The number of thioether (sulfide) groups is 1. The fourth-order valence-electron chi connectivity index (χ4n) is 2.80. The van der Waals surface area contributed by atoms with Gasteiger partial charge in [-0.2, -0.15) is 0 Å². The highest BCUT2D eigenvalue weighted by atomic mass is 32.2. The number of carbonyl (C=O) groups is 2. The highest BCUT2D eigenvalue weighted by Gasteiger charge is 2.30. The van der Waals surface area contributed by atoms with Crippen molar-refractivity contribution in [2.24, 2.45) is 0 Å². The number of nitrogens with zero attached hydrogens (tertiary/aromatic N) is 3. The number of hydrogen-bond donors (Lipinski definition) is 2. The van der Waals surface area contributed by atoms with Crippen LogP contribution in [-0.4, -0.2) is 38.4 Å². The average molecular weight is 400 g/mol. The lowest BCUT2D eigenvalue weighted by atomic mass is 10.1. The van der Waals surface area contributed by atoms with Crippen molar-refractivity contribution in [2.45, 2.75) is 50.4 Å². The normalized spacial score (nSPS) is 13.4. The van der Waals surface area contributed by atoms with Crippen LogP contribution < -0.4 is 10.6 Å². The minimum atomic E-state index is -0.210. The highest BCUT2D eigenvalue weighted by Crippen LogP contribution is 2.40. The zero-order valence-corrected chi connectivity index (χ0v) is 17.0. The standard InChI is InChI=1S/C20H25N5O2S/c1-4-11-25-18(14-9-10-14)23-24-20(25)28-12-17(26)22-16-8-6-5-7-15(16)19(27)21-13(2)3/h4-8,13-14H,1,9-12H2,2-3H3,(H,21,27)(H,22,26). The third-order valence-electron chi connectivity index (χ3n) is 4.20. The summed E-state index contributed by atoms with van der Waals surface area (Å²) in [4.78, 5) is 24.8. The molecular formula is C20H25N5O2S. The lowest BCUT2D eigenvalue weighted by Gasteiger charge is -2.13. The Labute approximate surface area is 169 Å². The molecule has 1 fully saturated rings. The molecule has 0 unspecified atom stereocenters. The van der Waals surface area contributed by atoms with Gasteiger partial charge in [0, 0.05) is 18.5 Å². The Morgan fingerprint density at radius 2 is 2.07 bits per heavy atom. The van der Waals surface area contributed by atoms with Crippen LogP contribution in [0.4, 0.5) is 5.69 Å². The summed E-state index contributed by atoms with van der Waals surface area (Å²) in [5.41, 5.74) is 0.942. The number of allylic oxidation sites excluding steroid dienone is 1. The second-order valence-corrected chi connectivity index (χ2v) is 7.97. The minimum Gasteiger partial charge on any atom is -0.350 e. The molecule has 28 heavy (non-hydrogen) atoms. The van der Waals surface area contributed by atoms with Crippen LogP contribution in [0.5, 0.6) is 0 Å². The first-order valence-corrected chi connectivity index (χ1v) is 10.3. The van der Waals surface area contributed by atoms with Gasteiger partial charge in [0.15, 0.2) is 5.16 Å². The van der Waals surface area contributed by atoms with E-state index in [0.717, 1.165) is 18.7 Å². The van der Waals surface area contributed by atoms with E-state index in [9.17, 15) is 9.59 Å². The van der Waals surface area contributed by atoms with Gasteiger partial charge in [-0.25, -0.2) is 0 Å². The molecule has 1 aromatic heterocycles. The Morgan fingerprint density at radius 1 is 1.32 bits per heavy atom. The van der Waals surface area contributed by atoms with Gasteiger partial charge in [0.05, 0.1) is 17.0 Å². The van der Waals surface area contributed by atoms with Crippen molar-refractivity contribution in [1.29, 1.82) is 0 Å². The zero-order valence-electron chi connectivity index (χ0n) is 16.1. The Morgan fingerprint density at radius 3 is 2.75 bits per heavy atom. The number of amides is 2. The van der Waals surface area contributed by atoms with E-state index in [4.69, 9.17) is 0 Å². The van der Waals surface area contributed by atoms with Crippen molar-refractivity contribution in [2.75, 3.05) is 11.1 Å². The van der Waals surface area contributed by atoms with Gasteiger partial charge in [0.2, 0.25) is 5.91 Å². The molecule has 1 saturated carbocycles. The summed E-state index contributed by atoms with van der Waals surface area (Å²) in [6.07, 6.45) is 4.08. The molecule has 0 radical (unpaired) electrons. The Kier molecular flexibility index (Phi) is 6.51. The largest absolute Gasteiger partial charge is 0.350 e. The van der Waals surface area contributed by atoms with Gasteiger partial charge in [-0.1, -0.05) is 30.0 Å². The van der Waals surface area contributed by atoms with E-state index < -0.39 is 0 Å². The number of rotatable bonds is 9. The molecule has 1 aromatic carbocycles. The fraction of sp³-hybridized carbons (Fsp3) is 0.400. The topological polar surface area (TPSA) is 88.9 Å². The number of carbonyl (C=O) groups excluding carboxylic acids is 2. The molecular weight excluding hydrogens is 374 g/mol. The first-order chi connectivity index (χ1) is 13.5. The lowest BCUT2D eigenvalue weighted by molar-refractivity contribution is -0.113. The molecule has 0 saturated heterocycles. The SMILES string of the molecule is C=CCn1c(SCC(=O)Nc2ccccc2C(=O)NC(C)C)nnc1C1CC1. The summed E-state index contributed by atoms with van der Waals surface area (Å²) in [6.45, 7) is 8.21. The second-order valence-electron chi connectivity index (χ2n) is 7.02. The first-order valence-electron chi connectivity index (χ1n) is 9.36. The molecule has 2 aromatic rings. The highest BCUT2D eigenvalue weighted by molar-refractivity contribution is 7.99. The molecule has 1 aliphatic rings. The number of aromatic nitrogens is 3. The predicted octanol–water partition coefficient (Wildman–Crippen LogP) is 3.21. The average Bonchev–Trinajstić information content (AvgIpc) is 3.42. The van der Waals surface area contributed by atoms with Crippen LogP contribution in [0.25, 0.3) is 0 Å². The van der Waals surface area contributed by atoms with Crippen molar-refractivity contribution in [3.8, 4) is 0 Å². The maximum absolute atomic E-state index is 12.5. The van der Waals surface area contributed by atoms with Crippen LogP contribution in [-0.2, 0) is 11.3 Å². The molecule has 0 atom stereocenters. The van der Waals surface area contributed by atoms with Crippen LogP contribution in [0.2, 0.25) is 0 Å². The van der Waals surface area contributed by atoms with E-state index in [1.165, 1.54) is 11.8 Å². The molecule has 0 aliphatic heterocycles. The lowest BCUT2D eigenvalue weighted by Crippen LogP contribution is -2.31. The summed E-state index contributed by atoms with van der Waals surface area (Å²) in [7, 11) is 0. The molecule has 8 heteroatoms. The van der Waals surface area contributed by atoms with Gasteiger partial charge < -0.3 is 15.2 Å². The van der Waals surface area contributed by atoms with Crippen molar-refractivity contribution >= 4 is 29.3 Å². The Balaban J connectivity index is 1.64. The number of para-hydroxylation sites is 1. The molecule has 1 heterocycles. The zero-order chi connectivity index (χ0) is 20.1. The van der Waals surface area contributed by atoms with E-state index in [-0.39, 0.29) is 23.6 Å². The molecule has 0 bridgehead atoms. The van der Waals surface area contributed by atoms with E-state index in [2.05, 4.69) is 27.4 Å². The molecule has 2 N–H and O–H groups in total. The Bertz CT molecular complexity index is 873. The molecule has 7 nitrogen and oxygen atoms in total. The van der Waals surface area contributed by atoms with E-state index >= 15 is 0 Å². The van der Waals surface area contributed by atoms with Gasteiger partial charge in [-0.15, -0.1) is 16.8 Å². The number of anilines is 1. The number of nitrogens with one attached hydrogen (secondary N) is 2. The van der Waals surface area contributed by atoms with Crippen LogP contribution in [0.15, 0.2) is 42.1 Å². The minimum absolute atomic E-state index is 0.0173. The number of hydrogen-bond acceptors (Lipinski definition) is 5. The quantitative estimate of drug-likeness (QED) is 0.499. The maximum atomic E-state index is 12.5. The summed E-state index contributed by atoms with van der Waals surface area (Å²) in [5.74, 6) is 1.22.